The lowest BCUT2D eigenvalue weighted by Gasteiger charge is -2.18. The van der Waals surface area contributed by atoms with Crippen LogP contribution >= 0.6 is 22.9 Å². The predicted molar refractivity (Wildman–Crippen MR) is 82.4 cm³/mol. The molecule has 0 saturated carbocycles. The van der Waals surface area contributed by atoms with Crippen molar-refractivity contribution in [1.29, 1.82) is 0 Å². The van der Waals surface area contributed by atoms with Gasteiger partial charge in [0.25, 0.3) is 0 Å². The molecule has 0 aromatic carbocycles. The number of aromatic nitrogens is 2. The summed E-state index contributed by atoms with van der Waals surface area (Å²) < 4.78 is 0. The number of nitrogens with zero attached hydrogens (tertiary/aromatic N) is 2. The van der Waals surface area contributed by atoms with Crippen molar-refractivity contribution in [2.24, 2.45) is 5.92 Å². The quantitative estimate of drug-likeness (QED) is 0.858. The molecule has 5 heteroatoms. The molecule has 1 atom stereocenters. The van der Waals surface area contributed by atoms with E-state index < -0.39 is 0 Å². The van der Waals surface area contributed by atoms with Gasteiger partial charge < -0.3 is 5.32 Å². The fourth-order valence-electron chi connectivity index (χ4n) is 2.69. The first-order valence-electron chi connectivity index (χ1n) is 6.90. The van der Waals surface area contributed by atoms with Crippen molar-refractivity contribution in [2.45, 2.75) is 39.5 Å². The summed E-state index contributed by atoms with van der Waals surface area (Å²) in [4.78, 5) is 11.3. The lowest BCUT2D eigenvalue weighted by molar-refractivity contribution is 0.509. The summed E-state index contributed by atoms with van der Waals surface area (Å²) in [5.41, 5.74) is 1.45. The van der Waals surface area contributed by atoms with Crippen LogP contribution in [-0.2, 0) is 12.8 Å². The van der Waals surface area contributed by atoms with Gasteiger partial charge in [0.15, 0.2) is 0 Å². The molecule has 0 bridgehead atoms. The number of hydrogen-bond acceptors (Lipinski definition) is 4. The van der Waals surface area contributed by atoms with E-state index in [4.69, 9.17) is 11.6 Å². The normalized spacial score (nSPS) is 18.6. The number of thiophene rings is 1. The highest BCUT2D eigenvalue weighted by atomic mass is 35.5. The van der Waals surface area contributed by atoms with E-state index in [1.165, 1.54) is 28.7 Å². The first-order valence-corrected chi connectivity index (χ1v) is 8.10. The second-order valence-electron chi connectivity index (χ2n) is 5.30. The SMILES string of the molecule is CCCNc1nc(Cl)nc2sc3c(c12)CCC(C)C3. The summed E-state index contributed by atoms with van der Waals surface area (Å²) in [7, 11) is 0. The molecule has 0 fully saturated rings. The predicted octanol–water partition coefficient (Wildman–Crippen LogP) is 4.29. The second-order valence-corrected chi connectivity index (χ2v) is 6.72. The molecule has 1 unspecified atom stereocenters. The second kappa shape index (κ2) is 5.25. The molecule has 3 rings (SSSR count). The first kappa shape index (κ1) is 13.1. The van der Waals surface area contributed by atoms with Crippen LogP contribution in [0, 0.1) is 5.92 Å². The number of nitrogens with one attached hydrogen (secondary N) is 1. The molecule has 1 aliphatic rings. The highest BCUT2D eigenvalue weighted by Gasteiger charge is 2.23. The van der Waals surface area contributed by atoms with E-state index in [-0.39, 0.29) is 0 Å². The number of aryl methyl sites for hydroxylation is 1. The lowest BCUT2D eigenvalue weighted by atomic mass is 9.89. The minimum atomic E-state index is 0.345. The summed E-state index contributed by atoms with van der Waals surface area (Å²) in [6.07, 6.45) is 4.64. The van der Waals surface area contributed by atoms with Crippen LogP contribution in [0.1, 0.15) is 37.1 Å². The third-order valence-corrected chi connectivity index (χ3v) is 4.99. The molecule has 0 saturated heterocycles. The number of halogens is 1. The monoisotopic (exact) mass is 295 g/mol. The Labute approximate surface area is 122 Å². The van der Waals surface area contributed by atoms with Crippen LogP contribution in [0.4, 0.5) is 5.82 Å². The summed E-state index contributed by atoms with van der Waals surface area (Å²) in [5.74, 6) is 1.69. The van der Waals surface area contributed by atoms with Crippen molar-refractivity contribution in [3.05, 3.63) is 15.7 Å². The van der Waals surface area contributed by atoms with Crippen LogP contribution in [0.2, 0.25) is 5.28 Å². The topological polar surface area (TPSA) is 37.8 Å². The van der Waals surface area contributed by atoms with Crippen molar-refractivity contribution < 1.29 is 0 Å². The molecule has 2 heterocycles. The van der Waals surface area contributed by atoms with E-state index in [9.17, 15) is 0 Å². The van der Waals surface area contributed by atoms with Crippen LogP contribution in [0.3, 0.4) is 0 Å². The van der Waals surface area contributed by atoms with Gasteiger partial charge in [-0.15, -0.1) is 11.3 Å². The number of anilines is 1. The molecule has 3 nitrogen and oxygen atoms in total. The Bertz CT molecular complexity index is 608. The molecule has 0 amide bonds. The van der Waals surface area contributed by atoms with Crippen molar-refractivity contribution in [3.63, 3.8) is 0 Å². The first-order chi connectivity index (χ1) is 9.19. The Kier molecular flexibility index (Phi) is 3.63. The molecule has 1 N–H and O–H groups in total. The van der Waals surface area contributed by atoms with Crippen LogP contribution in [0.15, 0.2) is 0 Å². The maximum atomic E-state index is 6.04. The van der Waals surface area contributed by atoms with Crippen molar-refractivity contribution in [2.75, 3.05) is 11.9 Å². The van der Waals surface area contributed by atoms with E-state index in [1.807, 2.05) is 0 Å². The zero-order chi connectivity index (χ0) is 13.4. The zero-order valence-corrected chi connectivity index (χ0v) is 12.9. The fourth-order valence-corrected chi connectivity index (χ4v) is 4.29. The van der Waals surface area contributed by atoms with E-state index in [2.05, 4.69) is 29.1 Å². The summed E-state index contributed by atoms with van der Waals surface area (Å²) in [6.45, 7) is 5.39. The van der Waals surface area contributed by atoms with Gasteiger partial charge in [-0.1, -0.05) is 13.8 Å². The van der Waals surface area contributed by atoms with Gasteiger partial charge in [-0.05, 0) is 48.8 Å². The Morgan fingerprint density at radius 1 is 1.42 bits per heavy atom. The minimum Gasteiger partial charge on any atom is -0.369 e. The van der Waals surface area contributed by atoms with Crippen molar-refractivity contribution in [1.82, 2.24) is 9.97 Å². The average Bonchev–Trinajstić information content (AvgIpc) is 2.72. The summed E-state index contributed by atoms with van der Waals surface area (Å²) >= 11 is 7.83. The van der Waals surface area contributed by atoms with Crippen molar-refractivity contribution >= 4 is 39.0 Å². The van der Waals surface area contributed by atoms with Crippen LogP contribution in [-0.4, -0.2) is 16.5 Å². The van der Waals surface area contributed by atoms with Gasteiger partial charge in [0, 0.05) is 11.4 Å². The molecule has 2 aromatic heterocycles. The highest BCUT2D eigenvalue weighted by Crippen LogP contribution is 2.40. The van der Waals surface area contributed by atoms with E-state index in [0.29, 0.717) is 5.28 Å². The fraction of sp³-hybridized carbons (Fsp3) is 0.571. The van der Waals surface area contributed by atoms with Gasteiger partial charge in [0.2, 0.25) is 5.28 Å². The third kappa shape index (κ3) is 2.43. The number of hydrogen-bond donors (Lipinski definition) is 1. The number of rotatable bonds is 3. The largest absolute Gasteiger partial charge is 0.369 e. The van der Waals surface area contributed by atoms with Gasteiger partial charge in [0.1, 0.15) is 10.6 Å². The molecule has 2 aromatic rings. The molecular weight excluding hydrogens is 278 g/mol. The van der Waals surface area contributed by atoms with Gasteiger partial charge in [-0.25, -0.2) is 9.97 Å². The maximum Gasteiger partial charge on any atom is 0.225 e. The minimum absolute atomic E-state index is 0.345. The number of fused-ring (bicyclic) bond motifs is 3. The van der Waals surface area contributed by atoms with Gasteiger partial charge in [-0.3, -0.25) is 0 Å². The molecule has 0 radical (unpaired) electrons. The molecule has 1 aliphatic carbocycles. The Morgan fingerprint density at radius 3 is 3.05 bits per heavy atom. The average molecular weight is 296 g/mol. The Hall–Kier alpha value is -0.870. The molecule has 0 spiro atoms. The zero-order valence-electron chi connectivity index (χ0n) is 11.3. The lowest BCUT2D eigenvalue weighted by Crippen LogP contribution is -2.09. The maximum absolute atomic E-state index is 6.04. The molecule has 19 heavy (non-hydrogen) atoms. The van der Waals surface area contributed by atoms with Crippen molar-refractivity contribution in [3.8, 4) is 0 Å². The van der Waals surface area contributed by atoms with Crippen LogP contribution in [0.5, 0.6) is 0 Å². The molecule has 0 aliphatic heterocycles. The smallest absolute Gasteiger partial charge is 0.225 e. The Balaban J connectivity index is 2.14. The van der Waals surface area contributed by atoms with E-state index in [0.717, 1.165) is 36.0 Å². The van der Waals surface area contributed by atoms with Crippen LogP contribution < -0.4 is 5.32 Å². The van der Waals surface area contributed by atoms with E-state index in [1.54, 1.807) is 11.3 Å². The Morgan fingerprint density at radius 2 is 2.26 bits per heavy atom. The van der Waals surface area contributed by atoms with Crippen LogP contribution in [0.25, 0.3) is 10.2 Å². The van der Waals surface area contributed by atoms with Gasteiger partial charge in [0.05, 0.1) is 5.39 Å². The molecule has 102 valence electrons. The van der Waals surface area contributed by atoms with E-state index >= 15 is 0 Å². The highest BCUT2D eigenvalue weighted by molar-refractivity contribution is 7.19. The molecular formula is C14H18ClN3S. The standard InChI is InChI=1S/C14H18ClN3S/c1-3-6-16-12-11-9-5-4-8(2)7-10(9)19-13(11)18-14(15)17-12/h8H,3-7H2,1-2H3,(H,16,17,18). The third-order valence-electron chi connectivity index (χ3n) is 3.67. The van der Waals surface area contributed by atoms with Gasteiger partial charge in [-0.2, -0.15) is 0 Å². The summed E-state index contributed by atoms with van der Waals surface area (Å²) in [6, 6.07) is 0. The summed E-state index contributed by atoms with van der Waals surface area (Å²) in [5, 5.41) is 4.95. The van der Waals surface area contributed by atoms with Gasteiger partial charge >= 0.3 is 0 Å².